The van der Waals surface area contributed by atoms with Gasteiger partial charge in [-0.2, -0.15) is 0 Å². The fraction of sp³-hybridized carbons (Fsp3) is 0.381. The molecule has 2 heterocycles. The highest BCUT2D eigenvalue weighted by Gasteiger charge is 2.29. The molecule has 0 atom stereocenters. The molecule has 5 nitrogen and oxygen atoms in total. The van der Waals surface area contributed by atoms with E-state index in [4.69, 9.17) is 14.2 Å². The molecular formula is C21H23NO4. The van der Waals surface area contributed by atoms with E-state index in [1.54, 1.807) is 0 Å². The smallest absolute Gasteiger partial charge is 0.306 e. The van der Waals surface area contributed by atoms with Gasteiger partial charge in [0, 0.05) is 36.7 Å². The maximum atomic E-state index is 12.5. The summed E-state index contributed by atoms with van der Waals surface area (Å²) in [5, 5.41) is 0. The van der Waals surface area contributed by atoms with Crippen LogP contribution in [-0.4, -0.2) is 50.3 Å². The Hall–Kier alpha value is -2.37. The van der Waals surface area contributed by atoms with Crippen LogP contribution in [0.5, 0.6) is 11.5 Å². The van der Waals surface area contributed by atoms with Gasteiger partial charge in [0.15, 0.2) is 0 Å². The summed E-state index contributed by atoms with van der Waals surface area (Å²) >= 11 is 0. The van der Waals surface area contributed by atoms with Crippen molar-refractivity contribution in [2.24, 2.45) is 0 Å². The van der Waals surface area contributed by atoms with Crippen LogP contribution in [-0.2, 0) is 14.3 Å². The van der Waals surface area contributed by atoms with E-state index >= 15 is 0 Å². The normalized spacial score (nSPS) is 17.1. The van der Waals surface area contributed by atoms with Gasteiger partial charge in [-0.25, -0.2) is 0 Å². The number of rotatable bonds is 5. The second-order valence-electron chi connectivity index (χ2n) is 6.61. The monoisotopic (exact) mass is 353 g/mol. The van der Waals surface area contributed by atoms with Gasteiger partial charge in [-0.3, -0.25) is 9.69 Å². The van der Waals surface area contributed by atoms with Gasteiger partial charge in [0.2, 0.25) is 0 Å². The van der Waals surface area contributed by atoms with E-state index in [0.29, 0.717) is 13.0 Å². The Morgan fingerprint density at radius 3 is 2.27 bits per heavy atom. The topological polar surface area (TPSA) is 48.0 Å². The molecule has 2 aliphatic rings. The van der Waals surface area contributed by atoms with Crippen molar-refractivity contribution in [3.63, 3.8) is 0 Å². The minimum atomic E-state index is -0.172. The number of benzene rings is 2. The Morgan fingerprint density at radius 2 is 1.62 bits per heavy atom. The first-order valence-electron chi connectivity index (χ1n) is 9.13. The van der Waals surface area contributed by atoms with Crippen molar-refractivity contribution in [3.8, 4) is 11.5 Å². The standard InChI is InChI=1S/C21H23NO4/c23-21(25-14-11-22-9-12-24-13-10-22)15-18-16-5-1-3-7-19(16)26-20-8-4-2-6-17(18)20/h1-8,18H,9-15H2. The number of hydrogen-bond donors (Lipinski definition) is 0. The molecule has 4 rings (SSSR count). The summed E-state index contributed by atoms with van der Waals surface area (Å²) in [5.41, 5.74) is 2.08. The fourth-order valence-corrected chi connectivity index (χ4v) is 3.57. The highest BCUT2D eigenvalue weighted by atomic mass is 16.5. The van der Waals surface area contributed by atoms with Crippen molar-refractivity contribution in [2.45, 2.75) is 12.3 Å². The highest BCUT2D eigenvalue weighted by Crippen LogP contribution is 2.45. The summed E-state index contributed by atoms with van der Waals surface area (Å²) < 4.78 is 16.8. The maximum Gasteiger partial charge on any atom is 0.306 e. The number of hydrogen-bond acceptors (Lipinski definition) is 5. The Morgan fingerprint density at radius 1 is 1.00 bits per heavy atom. The fourth-order valence-electron chi connectivity index (χ4n) is 3.57. The number of para-hydroxylation sites is 2. The third kappa shape index (κ3) is 3.74. The second-order valence-corrected chi connectivity index (χ2v) is 6.61. The Balaban J connectivity index is 1.41. The minimum Gasteiger partial charge on any atom is -0.464 e. The molecule has 2 aliphatic heterocycles. The van der Waals surface area contributed by atoms with E-state index in [1.807, 2.05) is 48.5 Å². The molecule has 0 unspecified atom stereocenters. The van der Waals surface area contributed by atoms with Gasteiger partial charge >= 0.3 is 5.97 Å². The molecule has 0 saturated carbocycles. The Kier molecular flexibility index (Phi) is 5.18. The summed E-state index contributed by atoms with van der Waals surface area (Å²) in [7, 11) is 0. The molecule has 0 aromatic heterocycles. The van der Waals surface area contributed by atoms with E-state index in [0.717, 1.165) is 55.5 Å². The molecule has 0 radical (unpaired) electrons. The molecular weight excluding hydrogens is 330 g/mol. The average molecular weight is 353 g/mol. The molecule has 0 N–H and O–H groups in total. The van der Waals surface area contributed by atoms with Crippen molar-refractivity contribution in [1.29, 1.82) is 0 Å². The molecule has 0 bridgehead atoms. The molecule has 136 valence electrons. The first-order valence-corrected chi connectivity index (χ1v) is 9.13. The van der Waals surface area contributed by atoms with Crippen molar-refractivity contribution in [3.05, 3.63) is 59.7 Å². The maximum absolute atomic E-state index is 12.5. The van der Waals surface area contributed by atoms with Gasteiger partial charge < -0.3 is 14.2 Å². The van der Waals surface area contributed by atoms with Gasteiger partial charge in [0.25, 0.3) is 0 Å². The molecule has 2 aromatic rings. The van der Waals surface area contributed by atoms with Crippen LogP contribution in [0.2, 0.25) is 0 Å². The molecule has 5 heteroatoms. The molecule has 0 amide bonds. The summed E-state index contributed by atoms with van der Waals surface area (Å²) in [6, 6.07) is 15.8. The lowest BCUT2D eigenvalue weighted by atomic mass is 9.85. The van der Waals surface area contributed by atoms with E-state index in [-0.39, 0.29) is 11.9 Å². The quantitative estimate of drug-likeness (QED) is 0.773. The lowest BCUT2D eigenvalue weighted by Crippen LogP contribution is -2.38. The molecule has 26 heavy (non-hydrogen) atoms. The van der Waals surface area contributed by atoms with Gasteiger partial charge in [0.1, 0.15) is 18.1 Å². The van der Waals surface area contributed by atoms with E-state index in [9.17, 15) is 4.79 Å². The number of morpholine rings is 1. The average Bonchev–Trinajstić information content (AvgIpc) is 2.68. The zero-order chi connectivity index (χ0) is 17.8. The van der Waals surface area contributed by atoms with Crippen molar-refractivity contribution in [1.82, 2.24) is 4.90 Å². The van der Waals surface area contributed by atoms with E-state index in [2.05, 4.69) is 4.90 Å². The molecule has 1 saturated heterocycles. The zero-order valence-electron chi connectivity index (χ0n) is 14.7. The van der Waals surface area contributed by atoms with Crippen LogP contribution in [0, 0.1) is 0 Å². The number of fused-ring (bicyclic) bond motifs is 2. The van der Waals surface area contributed by atoms with Crippen LogP contribution >= 0.6 is 0 Å². The van der Waals surface area contributed by atoms with Crippen LogP contribution in [0.1, 0.15) is 23.5 Å². The third-order valence-corrected chi connectivity index (χ3v) is 4.95. The van der Waals surface area contributed by atoms with Gasteiger partial charge in [-0.15, -0.1) is 0 Å². The SMILES string of the molecule is O=C(CC1c2ccccc2Oc2ccccc21)OCCN1CCOCC1. The lowest BCUT2D eigenvalue weighted by molar-refractivity contribution is -0.144. The summed E-state index contributed by atoms with van der Waals surface area (Å²) in [5.74, 6) is 1.43. The number of nitrogens with zero attached hydrogens (tertiary/aromatic N) is 1. The van der Waals surface area contributed by atoms with Crippen LogP contribution in [0.4, 0.5) is 0 Å². The lowest BCUT2D eigenvalue weighted by Gasteiger charge is -2.28. The van der Waals surface area contributed by atoms with Crippen LogP contribution in [0.25, 0.3) is 0 Å². The number of carbonyl (C=O) groups excluding carboxylic acids is 1. The van der Waals surface area contributed by atoms with E-state index < -0.39 is 0 Å². The van der Waals surface area contributed by atoms with Crippen molar-refractivity contribution >= 4 is 5.97 Å². The minimum absolute atomic E-state index is 0.0352. The predicted octanol–water partition coefficient (Wildman–Crippen LogP) is 3.19. The Bertz CT molecular complexity index is 725. The number of carbonyl (C=O) groups is 1. The van der Waals surface area contributed by atoms with Gasteiger partial charge in [-0.1, -0.05) is 36.4 Å². The predicted molar refractivity (Wildman–Crippen MR) is 97.6 cm³/mol. The van der Waals surface area contributed by atoms with Crippen molar-refractivity contribution < 1.29 is 19.0 Å². The van der Waals surface area contributed by atoms with Crippen LogP contribution < -0.4 is 4.74 Å². The summed E-state index contributed by atoms with van der Waals surface area (Å²) in [6.07, 6.45) is 0.320. The first-order chi connectivity index (χ1) is 12.8. The second kappa shape index (κ2) is 7.89. The van der Waals surface area contributed by atoms with Crippen molar-refractivity contribution in [2.75, 3.05) is 39.5 Å². The summed E-state index contributed by atoms with van der Waals surface area (Å²) in [6.45, 7) is 4.49. The van der Waals surface area contributed by atoms with Crippen LogP contribution in [0.3, 0.4) is 0 Å². The highest BCUT2D eigenvalue weighted by molar-refractivity contribution is 5.72. The molecule has 0 spiro atoms. The number of ether oxygens (including phenoxy) is 3. The molecule has 0 aliphatic carbocycles. The third-order valence-electron chi connectivity index (χ3n) is 4.95. The largest absolute Gasteiger partial charge is 0.464 e. The molecule has 1 fully saturated rings. The first kappa shape index (κ1) is 17.1. The van der Waals surface area contributed by atoms with Gasteiger partial charge in [0.05, 0.1) is 19.6 Å². The summed E-state index contributed by atoms with van der Waals surface area (Å²) in [4.78, 5) is 14.7. The Labute approximate surface area is 153 Å². The van der Waals surface area contributed by atoms with Crippen LogP contribution in [0.15, 0.2) is 48.5 Å². The van der Waals surface area contributed by atoms with Gasteiger partial charge in [-0.05, 0) is 12.1 Å². The van der Waals surface area contributed by atoms with E-state index in [1.165, 1.54) is 0 Å². The zero-order valence-corrected chi connectivity index (χ0v) is 14.7. The molecule has 2 aromatic carbocycles. The number of esters is 1.